The predicted molar refractivity (Wildman–Crippen MR) is 140 cm³/mol. The number of nitrogens with zero attached hydrogens (tertiary/aromatic N) is 1. The minimum Gasteiger partial charge on any atom is -0.489 e. The Hall–Kier alpha value is -4.33. The van der Waals surface area contributed by atoms with Crippen molar-refractivity contribution in [2.45, 2.75) is 13.0 Å². The van der Waals surface area contributed by atoms with E-state index >= 15 is 0 Å². The smallest absolute Gasteiger partial charge is 0.266 e. The van der Waals surface area contributed by atoms with Gasteiger partial charge in [0.25, 0.3) is 5.91 Å². The molecule has 35 heavy (non-hydrogen) atoms. The van der Waals surface area contributed by atoms with Crippen LogP contribution in [0.1, 0.15) is 22.3 Å². The lowest BCUT2D eigenvalue weighted by Crippen LogP contribution is -2.13. The molecular weight excluding hydrogens is 456 g/mol. The Bertz CT molecular complexity index is 1370. The molecule has 0 heterocycles. The number of hydrogen-bond donors (Lipinski definition) is 1. The van der Waals surface area contributed by atoms with Crippen molar-refractivity contribution in [3.8, 4) is 11.8 Å². The first-order chi connectivity index (χ1) is 17.1. The molecule has 0 aliphatic heterocycles. The maximum atomic E-state index is 12.8. The van der Waals surface area contributed by atoms with E-state index in [1.807, 2.05) is 84.9 Å². The van der Waals surface area contributed by atoms with Gasteiger partial charge in [-0.1, -0.05) is 84.4 Å². The second-order valence-corrected chi connectivity index (χ2v) is 8.30. The molecule has 0 bridgehead atoms. The summed E-state index contributed by atoms with van der Waals surface area (Å²) in [6, 6.07) is 34.3. The Labute approximate surface area is 210 Å². The molecule has 1 amide bonds. The summed E-state index contributed by atoms with van der Waals surface area (Å²) in [6.07, 6.45) is 2.20. The molecule has 4 aromatic carbocycles. The lowest BCUT2D eigenvalue weighted by molar-refractivity contribution is -0.112. The molecule has 1 N–H and O–H groups in total. The normalized spacial score (nSPS) is 10.9. The van der Waals surface area contributed by atoms with Crippen LogP contribution in [0.25, 0.3) is 6.08 Å². The fourth-order valence-corrected chi connectivity index (χ4v) is 3.76. The number of benzene rings is 4. The topological polar surface area (TPSA) is 62.1 Å². The fraction of sp³-hybridized carbons (Fsp3) is 0.0667. The average Bonchev–Trinajstić information content (AvgIpc) is 2.89. The van der Waals surface area contributed by atoms with E-state index in [2.05, 4.69) is 5.32 Å². The third-order valence-corrected chi connectivity index (χ3v) is 5.79. The van der Waals surface area contributed by atoms with Gasteiger partial charge in [-0.15, -0.1) is 0 Å². The summed E-state index contributed by atoms with van der Waals surface area (Å²) in [5, 5.41) is 13.1. The average molecular weight is 479 g/mol. The van der Waals surface area contributed by atoms with Crippen LogP contribution in [-0.2, 0) is 17.8 Å². The van der Waals surface area contributed by atoms with Gasteiger partial charge in [0.2, 0.25) is 0 Å². The highest BCUT2D eigenvalue weighted by Gasteiger charge is 2.12. The van der Waals surface area contributed by atoms with Crippen molar-refractivity contribution >= 4 is 29.3 Å². The lowest BCUT2D eigenvalue weighted by Gasteiger charge is -2.10. The molecule has 0 radical (unpaired) electrons. The maximum absolute atomic E-state index is 12.8. The van der Waals surface area contributed by atoms with Crippen LogP contribution in [0.4, 0.5) is 5.69 Å². The number of anilines is 1. The summed E-state index contributed by atoms with van der Waals surface area (Å²) in [4.78, 5) is 12.8. The van der Waals surface area contributed by atoms with Gasteiger partial charge in [0.05, 0.1) is 0 Å². The van der Waals surface area contributed by atoms with Gasteiger partial charge in [-0.3, -0.25) is 4.79 Å². The lowest BCUT2D eigenvalue weighted by atomic mass is 9.98. The molecule has 0 aliphatic rings. The van der Waals surface area contributed by atoms with Crippen LogP contribution in [-0.4, -0.2) is 5.91 Å². The first-order valence-corrected chi connectivity index (χ1v) is 11.5. The molecule has 4 nitrogen and oxygen atoms in total. The number of rotatable bonds is 8. The van der Waals surface area contributed by atoms with E-state index < -0.39 is 5.91 Å². The molecule has 0 aliphatic carbocycles. The summed E-state index contributed by atoms with van der Waals surface area (Å²) < 4.78 is 5.78. The molecule has 0 atom stereocenters. The zero-order chi connectivity index (χ0) is 24.5. The highest BCUT2D eigenvalue weighted by Crippen LogP contribution is 2.23. The third-order valence-electron chi connectivity index (χ3n) is 5.42. The van der Waals surface area contributed by atoms with Gasteiger partial charge in [0, 0.05) is 10.7 Å². The molecule has 0 saturated carbocycles. The summed E-state index contributed by atoms with van der Waals surface area (Å²) in [5.74, 6) is 0.217. The third kappa shape index (κ3) is 6.60. The summed E-state index contributed by atoms with van der Waals surface area (Å²) >= 11 is 6.32. The Balaban J connectivity index is 1.44. The molecule has 0 spiro atoms. The first kappa shape index (κ1) is 23.8. The fourth-order valence-electron chi connectivity index (χ4n) is 3.56. The largest absolute Gasteiger partial charge is 0.489 e. The van der Waals surface area contributed by atoms with Crippen molar-refractivity contribution in [2.75, 3.05) is 5.32 Å². The minimum atomic E-state index is -0.474. The van der Waals surface area contributed by atoms with E-state index in [4.69, 9.17) is 16.3 Å². The second kappa shape index (κ2) is 11.7. The van der Waals surface area contributed by atoms with E-state index in [0.29, 0.717) is 29.5 Å². The zero-order valence-corrected chi connectivity index (χ0v) is 19.7. The number of amides is 1. The van der Waals surface area contributed by atoms with E-state index in [1.54, 1.807) is 30.3 Å². The highest BCUT2D eigenvalue weighted by molar-refractivity contribution is 6.31. The minimum absolute atomic E-state index is 0.0148. The second-order valence-electron chi connectivity index (χ2n) is 7.89. The van der Waals surface area contributed by atoms with E-state index in [-0.39, 0.29) is 5.57 Å². The Morgan fingerprint density at radius 3 is 2.23 bits per heavy atom. The van der Waals surface area contributed by atoms with Crippen LogP contribution >= 0.6 is 11.6 Å². The van der Waals surface area contributed by atoms with Crippen molar-refractivity contribution in [3.63, 3.8) is 0 Å². The van der Waals surface area contributed by atoms with Gasteiger partial charge in [0.15, 0.2) is 0 Å². The Kier molecular flexibility index (Phi) is 7.96. The predicted octanol–water partition coefficient (Wildman–Crippen LogP) is 7.06. The van der Waals surface area contributed by atoms with Gasteiger partial charge in [0.1, 0.15) is 24.0 Å². The van der Waals surface area contributed by atoms with Gasteiger partial charge >= 0.3 is 0 Å². The summed E-state index contributed by atoms with van der Waals surface area (Å²) in [6.45, 7) is 0.460. The maximum Gasteiger partial charge on any atom is 0.266 e. The van der Waals surface area contributed by atoms with Crippen LogP contribution in [0.5, 0.6) is 5.75 Å². The van der Waals surface area contributed by atoms with Crippen molar-refractivity contribution in [3.05, 3.63) is 136 Å². The van der Waals surface area contributed by atoms with Gasteiger partial charge in [-0.05, 0) is 65.1 Å². The quantitative estimate of drug-likeness (QED) is 0.218. The number of nitrogens with one attached hydrogen (secondary N) is 1. The number of halogens is 1. The Morgan fingerprint density at radius 1 is 0.857 bits per heavy atom. The molecular formula is C30H23ClN2O2. The van der Waals surface area contributed by atoms with Gasteiger partial charge < -0.3 is 10.1 Å². The van der Waals surface area contributed by atoms with Gasteiger partial charge in [-0.25, -0.2) is 0 Å². The van der Waals surface area contributed by atoms with E-state index in [1.165, 1.54) is 0 Å². The molecule has 172 valence electrons. The molecule has 5 heteroatoms. The first-order valence-electron chi connectivity index (χ1n) is 11.1. The number of nitriles is 1. The van der Waals surface area contributed by atoms with Crippen molar-refractivity contribution in [1.82, 2.24) is 0 Å². The molecule has 0 unspecified atom stereocenters. The van der Waals surface area contributed by atoms with Crippen molar-refractivity contribution in [1.29, 1.82) is 5.26 Å². The van der Waals surface area contributed by atoms with Crippen LogP contribution in [0.15, 0.2) is 109 Å². The molecule has 0 fully saturated rings. The number of carbonyl (C=O) groups is 1. The van der Waals surface area contributed by atoms with Crippen LogP contribution in [0.3, 0.4) is 0 Å². The van der Waals surface area contributed by atoms with Crippen LogP contribution in [0.2, 0.25) is 5.02 Å². The monoisotopic (exact) mass is 478 g/mol. The number of ether oxygens (including phenoxy) is 1. The molecule has 0 saturated heterocycles. The molecule has 0 aromatic heterocycles. The summed E-state index contributed by atoms with van der Waals surface area (Å²) in [5.41, 5.74) is 4.41. The summed E-state index contributed by atoms with van der Waals surface area (Å²) in [7, 11) is 0. The highest BCUT2D eigenvalue weighted by atomic mass is 35.5. The Morgan fingerprint density at radius 2 is 1.51 bits per heavy atom. The van der Waals surface area contributed by atoms with Crippen LogP contribution in [0, 0.1) is 11.3 Å². The van der Waals surface area contributed by atoms with Gasteiger partial charge in [-0.2, -0.15) is 5.26 Å². The zero-order valence-electron chi connectivity index (χ0n) is 18.9. The molecule has 4 rings (SSSR count). The van der Waals surface area contributed by atoms with Crippen molar-refractivity contribution < 1.29 is 9.53 Å². The van der Waals surface area contributed by atoms with E-state index in [0.717, 1.165) is 22.3 Å². The van der Waals surface area contributed by atoms with Crippen molar-refractivity contribution in [2.24, 2.45) is 0 Å². The number of carbonyl (C=O) groups excluding carboxylic acids is 1. The molecule has 4 aromatic rings. The van der Waals surface area contributed by atoms with Crippen LogP contribution < -0.4 is 10.1 Å². The SMILES string of the molecule is N#C/C(=C\c1ccccc1Cc1ccccc1Cl)C(=O)Nc1ccc(OCc2ccccc2)cc1. The standard InChI is InChI=1S/C30H23ClN2O2/c31-29-13-7-6-12-25(29)18-23-10-4-5-11-24(23)19-26(20-32)30(34)33-27-14-16-28(17-15-27)35-21-22-8-2-1-3-9-22/h1-17,19H,18,21H2,(H,33,34)/b26-19+. The van der Waals surface area contributed by atoms with E-state index in [9.17, 15) is 10.1 Å². The number of hydrogen-bond acceptors (Lipinski definition) is 3.